The second-order valence-corrected chi connectivity index (χ2v) is 9.06. The Labute approximate surface area is 201 Å². The number of carbonyl (C=O) groups is 1. The van der Waals surface area contributed by atoms with E-state index >= 15 is 0 Å². The van der Waals surface area contributed by atoms with Gasteiger partial charge in [-0.1, -0.05) is 54.2 Å². The second kappa shape index (κ2) is 9.72. The molecule has 0 spiro atoms. The number of ether oxygens (including phenoxy) is 2. The van der Waals surface area contributed by atoms with Gasteiger partial charge in [-0.2, -0.15) is 4.98 Å². The van der Waals surface area contributed by atoms with E-state index < -0.39 is 0 Å². The number of hydrogen-bond donors (Lipinski definition) is 1. The highest BCUT2D eigenvalue weighted by atomic mass is 32.2. The van der Waals surface area contributed by atoms with Gasteiger partial charge in [0, 0.05) is 17.8 Å². The normalized spacial score (nSPS) is 14.8. The zero-order valence-corrected chi connectivity index (χ0v) is 19.8. The summed E-state index contributed by atoms with van der Waals surface area (Å²) in [6.45, 7) is 4.79. The maximum absolute atomic E-state index is 12.4. The van der Waals surface area contributed by atoms with E-state index in [2.05, 4.69) is 32.5 Å². The van der Waals surface area contributed by atoms with Crippen molar-refractivity contribution < 1.29 is 14.3 Å². The zero-order valence-electron chi connectivity index (χ0n) is 19.0. The van der Waals surface area contributed by atoms with Gasteiger partial charge < -0.3 is 14.8 Å². The quantitative estimate of drug-likeness (QED) is 0.410. The van der Waals surface area contributed by atoms with Gasteiger partial charge in [0.2, 0.25) is 11.1 Å². The summed E-state index contributed by atoms with van der Waals surface area (Å²) >= 11 is 1.29. The molecule has 174 valence electrons. The highest BCUT2D eigenvalue weighted by molar-refractivity contribution is 7.99. The minimum absolute atomic E-state index is 0.114. The summed E-state index contributed by atoms with van der Waals surface area (Å²) < 4.78 is 13.3. The van der Waals surface area contributed by atoms with Crippen molar-refractivity contribution in [3.8, 4) is 11.5 Å². The highest BCUT2D eigenvalue weighted by Gasteiger charge is 2.21. The van der Waals surface area contributed by atoms with E-state index in [4.69, 9.17) is 9.47 Å². The molecule has 34 heavy (non-hydrogen) atoms. The lowest BCUT2D eigenvalue weighted by atomic mass is 10.0. The van der Waals surface area contributed by atoms with Crippen LogP contribution >= 0.6 is 11.8 Å². The second-order valence-electron chi connectivity index (χ2n) is 8.12. The predicted molar refractivity (Wildman–Crippen MR) is 130 cm³/mol. The Bertz CT molecular complexity index is 1330. The average Bonchev–Trinajstić information content (AvgIpc) is 3.27. The number of amides is 1. The lowest BCUT2D eigenvalue weighted by Gasteiger charge is -2.26. The minimum atomic E-state index is -0.227. The van der Waals surface area contributed by atoms with Gasteiger partial charge in [0.15, 0.2) is 11.5 Å². The Balaban J connectivity index is 1.19. The minimum Gasteiger partial charge on any atom is -0.486 e. The molecular weight excluding hydrogens is 450 g/mol. The largest absolute Gasteiger partial charge is 0.486 e. The van der Waals surface area contributed by atoms with Crippen LogP contribution in [0.15, 0.2) is 59.8 Å². The number of fused-ring (bicyclic) bond motifs is 2. The fraction of sp³-hybridized carbons (Fsp3) is 0.280. The third-order valence-corrected chi connectivity index (χ3v) is 6.52. The van der Waals surface area contributed by atoms with Gasteiger partial charge in [-0.15, -0.1) is 5.10 Å². The van der Waals surface area contributed by atoms with Crippen molar-refractivity contribution in [1.82, 2.24) is 24.9 Å². The number of carbonyl (C=O) groups excluding carboxylic acids is 1. The molecule has 1 aliphatic rings. The van der Waals surface area contributed by atoms with Gasteiger partial charge >= 0.3 is 0 Å². The summed E-state index contributed by atoms with van der Waals surface area (Å²) in [4.78, 5) is 21.5. The Kier molecular flexibility index (Phi) is 6.35. The third-order valence-electron chi connectivity index (χ3n) is 5.68. The van der Waals surface area contributed by atoms with Crippen LogP contribution in [0, 0.1) is 13.8 Å². The van der Waals surface area contributed by atoms with Crippen LogP contribution in [0.3, 0.4) is 0 Å². The summed E-state index contributed by atoms with van der Waals surface area (Å²) in [7, 11) is 0. The number of aryl methyl sites for hydroxylation is 2. The average molecular weight is 476 g/mol. The fourth-order valence-electron chi connectivity index (χ4n) is 3.88. The lowest BCUT2D eigenvalue weighted by Crippen LogP contribution is -2.41. The molecule has 1 aliphatic heterocycles. The summed E-state index contributed by atoms with van der Waals surface area (Å²) in [5.41, 5.74) is 4.29. The Morgan fingerprint density at radius 2 is 1.85 bits per heavy atom. The summed E-state index contributed by atoms with van der Waals surface area (Å²) in [6.07, 6.45) is 0.555. The van der Waals surface area contributed by atoms with Crippen LogP contribution in [0.4, 0.5) is 0 Å². The molecule has 2 aromatic heterocycles. The summed E-state index contributed by atoms with van der Waals surface area (Å²) in [5, 5.41) is 8.01. The number of rotatable bonds is 7. The molecule has 0 fully saturated rings. The van der Waals surface area contributed by atoms with Gasteiger partial charge in [-0.05, 0) is 37.1 Å². The molecule has 3 heterocycles. The molecule has 0 radical (unpaired) electrons. The lowest BCUT2D eigenvalue weighted by molar-refractivity contribution is -0.119. The Morgan fingerprint density at radius 1 is 1.09 bits per heavy atom. The predicted octanol–water partition coefficient (Wildman–Crippen LogP) is 3.38. The number of benzene rings is 2. The molecule has 4 aromatic rings. The number of nitrogens with zero attached hydrogens (tertiary/aromatic N) is 4. The maximum atomic E-state index is 12.4. The van der Waals surface area contributed by atoms with Crippen molar-refractivity contribution in [3.05, 3.63) is 77.1 Å². The fourth-order valence-corrected chi connectivity index (χ4v) is 4.53. The topological polar surface area (TPSA) is 90.6 Å². The van der Waals surface area contributed by atoms with Crippen molar-refractivity contribution in [3.63, 3.8) is 0 Å². The molecule has 0 aliphatic carbocycles. The molecular formula is C25H25N5O3S. The van der Waals surface area contributed by atoms with Crippen molar-refractivity contribution in [2.45, 2.75) is 31.5 Å². The van der Waals surface area contributed by atoms with Crippen LogP contribution in [-0.2, 0) is 11.2 Å². The first-order chi connectivity index (χ1) is 16.6. The number of para-hydroxylation sites is 2. The smallest absolute Gasteiger partial charge is 0.253 e. The van der Waals surface area contributed by atoms with E-state index in [0.29, 0.717) is 29.8 Å². The molecule has 9 heteroatoms. The van der Waals surface area contributed by atoms with Crippen molar-refractivity contribution in [1.29, 1.82) is 0 Å². The molecule has 0 bridgehead atoms. The number of thioether (sulfide) groups is 1. The number of aromatic nitrogens is 4. The van der Waals surface area contributed by atoms with Crippen LogP contribution in [0.25, 0.3) is 5.78 Å². The van der Waals surface area contributed by atoms with Crippen LogP contribution in [0.2, 0.25) is 0 Å². The van der Waals surface area contributed by atoms with Crippen molar-refractivity contribution in [2.75, 3.05) is 18.9 Å². The van der Waals surface area contributed by atoms with Gasteiger partial charge in [0.25, 0.3) is 5.78 Å². The monoisotopic (exact) mass is 475 g/mol. The van der Waals surface area contributed by atoms with Gasteiger partial charge in [-0.25, -0.2) is 9.50 Å². The van der Waals surface area contributed by atoms with E-state index in [0.717, 1.165) is 29.1 Å². The Hall–Kier alpha value is -3.59. The van der Waals surface area contributed by atoms with E-state index in [1.54, 1.807) is 4.52 Å². The van der Waals surface area contributed by atoms with Gasteiger partial charge in [0.1, 0.15) is 12.7 Å². The number of hydrogen-bond acceptors (Lipinski definition) is 7. The first-order valence-corrected chi connectivity index (χ1v) is 12.1. The molecule has 0 saturated carbocycles. The number of nitrogens with one attached hydrogen (secondary N) is 1. The molecule has 1 atom stereocenters. The van der Waals surface area contributed by atoms with Crippen LogP contribution in [-0.4, -0.2) is 50.5 Å². The molecule has 1 amide bonds. The summed E-state index contributed by atoms with van der Waals surface area (Å²) in [5.74, 6) is 2.06. The van der Waals surface area contributed by atoms with E-state index in [9.17, 15) is 4.79 Å². The van der Waals surface area contributed by atoms with Crippen LogP contribution in [0.1, 0.15) is 22.5 Å². The molecule has 8 nitrogen and oxygen atoms in total. The van der Waals surface area contributed by atoms with Crippen LogP contribution < -0.4 is 14.8 Å². The first-order valence-electron chi connectivity index (χ1n) is 11.1. The van der Waals surface area contributed by atoms with E-state index in [1.807, 2.05) is 56.3 Å². The zero-order chi connectivity index (χ0) is 23.5. The standard InChI is InChI=1S/C25H25N5O3S/c1-16-20(12-18-8-4-3-5-9-18)17(2)30-24(27-16)28-25(29-30)34-15-23(31)26-13-19-14-32-21-10-6-7-11-22(21)33-19/h3-11,19H,12-15H2,1-2H3,(H,26,31)/t19-/m1/s1. The van der Waals surface area contributed by atoms with Gasteiger partial charge in [0.05, 0.1) is 12.3 Å². The van der Waals surface area contributed by atoms with Gasteiger partial charge in [-0.3, -0.25) is 4.79 Å². The third kappa shape index (κ3) is 4.84. The first kappa shape index (κ1) is 22.2. The van der Waals surface area contributed by atoms with E-state index in [-0.39, 0.29) is 17.8 Å². The molecule has 5 rings (SSSR count). The van der Waals surface area contributed by atoms with E-state index in [1.165, 1.54) is 17.3 Å². The highest BCUT2D eigenvalue weighted by Crippen LogP contribution is 2.30. The van der Waals surface area contributed by atoms with Crippen molar-refractivity contribution >= 4 is 23.4 Å². The molecule has 2 aromatic carbocycles. The molecule has 0 unspecified atom stereocenters. The van der Waals surface area contributed by atoms with Crippen LogP contribution in [0.5, 0.6) is 11.5 Å². The maximum Gasteiger partial charge on any atom is 0.253 e. The molecule has 0 saturated heterocycles. The molecule has 1 N–H and O–H groups in total. The SMILES string of the molecule is Cc1nc2nc(SCC(=O)NC[C@@H]3COc4ccccc4O3)nn2c(C)c1Cc1ccccc1. The summed E-state index contributed by atoms with van der Waals surface area (Å²) in [6, 6.07) is 17.8. The Morgan fingerprint density at radius 3 is 2.68 bits per heavy atom. The van der Waals surface area contributed by atoms with Crippen molar-refractivity contribution in [2.24, 2.45) is 0 Å².